The summed E-state index contributed by atoms with van der Waals surface area (Å²) in [5.74, 6) is -0.238. The van der Waals surface area contributed by atoms with E-state index in [4.69, 9.17) is 11.6 Å². The van der Waals surface area contributed by atoms with Crippen LogP contribution in [0, 0.1) is 0 Å². The molecule has 3 aromatic rings. The second kappa shape index (κ2) is 10.4. The van der Waals surface area contributed by atoms with Crippen molar-refractivity contribution in [1.29, 1.82) is 0 Å². The van der Waals surface area contributed by atoms with Crippen LogP contribution in [0.15, 0.2) is 61.1 Å². The Labute approximate surface area is 218 Å². The number of halogens is 4. The molecule has 3 heterocycles. The maximum atomic E-state index is 13.4. The van der Waals surface area contributed by atoms with Crippen LogP contribution in [0.4, 0.5) is 18.0 Å². The highest BCUT2D eigenvalue weighted by molar-refractivity contribution is 6.30. The maximum absolute atomic E-state index is 13.4. The van der Waals surface area contributed by atoms with Crippen molar-refractivity contribution in [3.63, 3.8) is 0 Å². The number of imidazole rings is 1. The van der Waals surface area contributed by atoms with Crippen LogP contribution < -0.4 is 0 Å². The van der Waals surface area contributed by atoms with Crippen LogP contribution in [-0.4, -0.2) is 62.8 Å². The average molecular weight is 533 g/mol. The molecule has 5 rings (SSSR count). The van der Waals surface area contributed by atoms with E-state index in [1.165, 1.54) is 12.1 Å². The second-order valence-electron chi connectivity index (χ2n) is 9.84. The summed E-state index contributed by atoms with van der Waals surface area (Å²) in [7, 11) is 0. The highest BCUT2D eigenvalue weighted by Gasteiger charge is 2.36. The first-order valence-electron chi connectivity index (χ1n) is 12.4. The molecule has 1 N–H and O–H groups in total. The van der Waals surface area contributed by atoms with E-state index in [2.05, 4.69) is 4.98 Å². The van der Waals surface area contributed by atoms with Crippen molar-refractivity contribution >= 4 is 17.6 Å². The molecule has 0 spiro atoms. The quantitative estimate of drug-likeness (QED) is 0.471. The monoisotopic (exact) mass is 532 g/mol. The maximum Gasteiger partial charge on any atom is 0.416 e. The van der Waals surface area contributed by atoms with Gasteiger partial charge in [0.15, 0.2) is 0 Å². The highest BCUT2D eigenvalue weighted by Crippen LogP contribution is 2.37. The molecule has 2 aliphatic rings. The Balaban J connectivity index is 1.41. The number of likely N-dealkylation sites (tertiary alicyclic amines) is 2. The van der Waals surface area contributed by atoms with Gasteiger partial charge in [-0.3, -0.25) is 0 Å². The van der Waals surface area contributed by atoms with Crippen molar-refractivity contribution in [2.24, 2.45) is 0 Å². The Kier molecular flexibility index (Phi) is 7.18. The molecule has 0 aliphatic carbocycles. The minimum Gasteiger partial charge on any atom is -0.393 e. The van der Waals surface area contributed by atoms with E-state index >= 15 is 0 Å². The lowest BCUT2D eigenvalue weighted by Crippen LogP contribution is -2.51. The lowest BCUT2D eigenvalue weighted by molar-refractivity contribution is -0.137. The summed E-state index contributed by atoms with van der Waals surface area (Å²) in [5.41, 5.74) is 1.74. The van der Waals surface area contributed by atoms with Crippen molar-refractivity contribution in [3.05, 3.63) is 82.9 Å². The van der Waals surface area contributed by atoms with Gasteiger partial charge in [0.05, 0.1) is 23.7 Å². The number of alkyl halides is 3. The molecule has 0 radical (unpaired) electrons. The van der Waals surface area contributed by atoms with Gasteiger partial charge in [-0.25, -0.2) is 9.78 Å². The standard InChI is InChI=1S/C27H28ClF3N4O2/c28-22-2-1-3-23(13-22)35-16-25(32-17-35)20-12-19(18-4-6-21(7-5-18)27(29,30)31)14-34(15-20)26(37)33-10-8-24(36)9-11-33/h1-7,13,16-17,19-20,24,36H,8-12,14-15H2. The predicted octanol–water partition coefficient (Wildman–Crippen LogP) is 5.69. The average Bonchev–Trinajstić information content (AvgIpc) is 3.39. The fourth-order valence-corrected chi connectivity index (χ4v) is 5.42. The molecular weight excluding hydrogens is 505 g/mol. The Morgan fingerprint density at radius 1 is 1.00 bits per heavy atom. The number of aliphatic hydroxyl groups excluding tert-OH is 1. The number of carbonyl (C=O) groups excluding carboxylic acids is 1. The zero-order chi connectivity index (χ0) is 26.2. The van der Waals surface area contributed by atoms with Gasteiger partial charge in [-0.1, -0.05) is 29.8 Å². The number of aromatic nitrogens is 2. The van der Waals surface area contributed by atoms with Crippen LogP contribution in [0.2, 0.25) is 5.02 Å². The molecule has 0 saturated carbocycles. The van der Waals surface area contributed by atoms with Gasteiger partial charge < -0.3 is 19.5 Å². The van der Waals surface area contributed by atoms with Crippen LogP contribution in [0.3, 0.4) is 0 Å². The van der Waals surface area contributed by atoms with E-state index < -0.39 is 17.8 Å². The van der Waals surface area contributed by atoms with Crippen LogP contribution in [-0.2, 0) is 6.18 Å². The molecule has 2 amide bonds. The molecule has 6 nitrogen and oxygen atoms in total. The Morgan fingerprint density at radius 3 is 2.38 bits per heavy atom. The number of hydrogen-bond acceptors (Lipinski definition) is 3. The Hall–Kier alpha value is -3.04. The van der Waals surface area contributed by atoms with E-state index in [1.54, 1.807) is 22.2 Å². The molecular formula is C27H28ClF3N4O2. The molecule has 10 heteroatoms. The molecule has 2 aromatic carbocycles. The number of amides is 2. The third-order valence-corrected chi connectivity index (χ3v) is 7.53. The van der Waals surface area contributed by atoms with Crippen molar-refractivity contribution in [2.75, 3.05) is 26.2 Å². The van der Waals surface area contributed by atoms with E-state index in [9.17, 15) is 23.1 Å². The number of benzene rings is 2. The van der Waals surface area contributed by atoms with E-state index in [0.717, 1.165) is 29.1 Å². The van der Waals surface area contributed by atoms with Crippen LogP contribution in [0.5, 0.6) is 0 Å². The molecule has 2 saturated heterocycles. The molecule has 196 valence electrons. The molecule has 2 aliphatic heterocycles. The molecule has 0 bridgehead atoms. The summed E-state index contributed by atoms with van der Waals surface area (Å²) in [4.78, 5) is 21.6. The smallest absolute Gasteiger partial charge is 0.393 e. The molecule has 2 unspecified atom stereocenters. The van der Waals surface area contributed by atoms with Crippen LogP contribution in [0.25, 0.3) is 5.69 Å². The highest BCUT2D eigenvalue weighted by atomic mass is 35.5. The van der Waals surface area contributed by atoms with Gasteiger partial charge in [-0.2, -0.15) is 13.2 Å². The van der Waals surface area contributed by atoms with Gasteiger partial charge in [0.1, 0.15) is 0 Å². The lowest BCUT2D eigenvalue weighted by atomic mass is 9.83. The minimum atomic E-state index is -4.40. The normalized spacial score (nSPS) is 21.3. The topological polar surface area (TPSA) is 61.6 Å². The zero-order valence-corrected chi connectivity index (χ0v) is 20.9. The number of rotatable bonds is 3. The summed E-state index contributed by atoms with van der Waals surface area (Å²) in [6, 6.07) is 12.5. The van der Waals surface area contributed by atoms with E-state index in [-0.39, 0.29) is 17.9 Å². The molecule has 1 aromatic heterocycles. The Morgan fingerprint density at radius 2 is 1.70 bits per heavy atom. The predicted molar refractivity (Wildman–Crippen MR) is 134 cm³/mol. The van der Waals surface area contributed by atoms with Gasteiger partial charge in [0.25, 0.3) is 0 Å². The number of carbonyl (C=O) groups is 1. The fourth-order valence-electron chi connectivity index (χ4n) is 5.24. The van der Waals surface area contributed by atoms with Gasteiger partial charge >= 0.3 is 12.2 Å². The van der Waals surface area contributed by atoms with Gasteiger partial charge in [-0.05, 0) is 55.2 Å². The molecule has 2 fully saturated rings. The molecule has 37 heavy (non-hydrogen) atoms. The first kappa shape index (κ1) is 25.6. The lowest BCUT2D eigenvalue weighted by Gasteiger charge is -2.41. The van der Waals surface area contributed by atoms with E-state index in [0.29, 0.717) is 50.5 Å². The number of piperidine rings is 2. The fraction of sp³-hybridized carbons (Fsp3) is 0.407. The number of hydrogen-bond donors (Lipinski definition) is 1. The van der Waals surface area contributed by atoms with Gasteiger partial charge in [0.2, 0.25) is 0 Å². The summed E-state index contributed by atoms with van der Waals surface area (Å²) in [6.45, 7) is 1.83. The third-order valence-electron chi connectivity index (χ3n) is 7.29. The summed E-state index contributed by atoms with van der Waals surface area (Å²) < 4.78 is 41.2. The summed E-state index contributed by atoms with van der Waals surface area (Å²) >= 11 is 6.14. The number of aliphatic hydroxyl groups is 1. The van der Waals surface area contributed by atoms with E-state index in [1.807, 2.05) is 29.0 Å². The first-order valence-corrected chi connectivity index (χ1v) is 12.7. The van der Waals surface area contributed by atoms with Crippen molar-refractivity contribution in [1.82, 2.24) is 19.4 Å². The third kappa shape index (κ3) is 5.78. The van der Waals surface area contributed by atoms with Crippen molar-refractivity contribution in [2.45, 2.75) is 43.4 Å². The number of nitrogens with zero attached hydrogens (tertiary/aromatic N) is 4. The largest absolute Gasteiger partial charge is 0.416 e. The van der Waals surface area contributed by atoms with Crippen molar-refractivity contribution < 1.29 is 23.1 Å². The van der Waals surface area contributed by atoms with Crippen molar-refractivity contribution in [3.8, 4) is 5.69 Å². The zero-order valence-electron chi connectivity index (χ0n) is 20.1. The van der Waals surface area contributed by atoms with Crippen LogP contribution in [0.1, 0.15) is 47.9 Å². The summed E-state index contributed by atoms with van der Waals surface area (Å²) in [6.07, 6.45) is 0.563. The first-order chi connectivity index (χ1) is 17.7. The minimum absolute atomic E-state index is 0.0965. The Bertz CT molecular complexity index is 1240. The SMILES string of the molecule is O=C(N1CCC(O)CC1)N1CC(c2ccc(C(F)(F)F)cc2)CC(c2cn(-c3cccc(Cl)c3)cn2)C1. The van der Waals surface area contributed by atoms with Crippen LogP contribution >= 0.6 is 11.6 Å². The second-order valence-corrected chi connectivity index (χ2v) is 10.3. The molecule has 2 atom stereocenters. The summed E-state index contributed by atoms with van der Waals surface area (Å²) in [5, 5.41) is 10.5. The van der Waals surface area contributed by atoms with Gasteiger partial charge in [0, 0.05) is 54.9 Å². The number of urea groups is 1. The van der Waals surface area contributed by atoms with Gasteiger partial charge in [-0.15, -0.1) is 0 Å².